The molecule has 1 N–H and O–H groups in total. The van der Waals surface area contributed by atoms with E-state index >= 15 is 0 Å². The number of carbonyl (C=O) groups excluding carboxylic acids is 2. The fraction of sp³-hybridized carbons (Fsp3) is 0.375. The van der Waals surface area contributed by atoms with Gasteiger partial charge in [-0.2, -0.15) is 0 Å². The highest BCUT2D eigenvalue weighted by molar-refractivity contribution is 5.82. The smallest absolute Gasteiger partial charge is 0.326 e. The number of aromatic nitrogens is 2. The quantitative estimate of drug-likeness (QED) is 0.550. The summed E-state index contributed by atoms with van der Waals surface area (Å²) in [5, 5.41) is 2.80. The van der Waals surface area contributed by atoms with E-state index in [0.29, 0.717) is 18.9 Å². The summed E-state index contributed by atoms with van der Waals surface area (Å²) < 4.78 is 7.01. The van der Waals surface area contributed by atoms with E-state index in [1.807, 2.05) is 35.8 Å². The number of imidazole rings is 1. The molecule has 6 heteroatoms. The Labute approximate surface area is 177 Å². The van der Waals surface area contributed by atoms with Gasteiger partial charge in [0, 0.05) is 13.0 Å². The van der Waals surface area contributed by atoms with Crippen LogP contribution in [0.5, 0.6) is 0 Å². The van der Waals surface area contributed by atoms with E-state index in [1.54, 1.807) is 0 Å². The maximum Gasteiger partial charge on any atom is 0.326 e. The van der Waals surface area contributed by atoms with Crippen molar-refractivity contribution in [2.24, 2.45) is 0 Å². The molecule has 0 aliphatic rings. The molecule has 0 atom stereocenters. The number of hydrogen-bond acceptors (Lipinski definition) is 4. The van der Waals surface area contributed by atoms with Gasteiger partial charge in [0.25, 0.3) is 5.91 Å². The van der Waals surface area contributed by atoms with Crippen molar-refractivity contribution in [3.63, 3.8) is 0 Å². The number of benzene rings is 2. The fourth-order valence-corrected chi connectivity index (χ4v) is 3.36. The lowest BCUT2D eigenvalue weighted by atomic mass is 10.0. The number of hydrogen-bond donors (Lipinski definition) is 1. The van der Waals surface area contributed by atoms with Crippen molar-refractivity contribution in [1.29, 1.82) is 0 Å². The first-order chi connectivity index (χ1) is 14.5. The minimum absolute atomic E-state index is 0.0408. The van der Waals surface area contributed by atoms with Gasteiger partial charge in [-0.05, 0) is 35.6 Å². The molecule has 0 radical (unpaired) electrons. The Morgan fingerprint density at radius 2 is 1.83 bits per heavy atom. The van der Waals surface area contributed by atoms with E-state index in [2.05, 4.69) is 48.4 Å². The first-order valence-electron chi connectivity index (χ1n) is 10.4. The summed E-state index contributed by atoms with van der Waals surface area (Å²) >= 11 is 0. The number of carbonyl (C=O) groups is 2. The van der Waals surface area contributed by atoms with Crippen LogP contribution in [-0.2, 0) is 33.7 Å². The standard InChI is InChI=1S/C24H29N3O3/c1-4-22-26-20-7-5-6-8-21(20)27(22)15-24(29)30-16-23(28)25-14-13-18-9-11-19(12-10-18)17(2)3/h5-12,17H,4,13-16H2,1-3H3,(H,25,28). The second kappa shape index (κ2) is 10.1. The van der Waals surface area contributed by atoms with E-state index in [4.69, 9.17) is 4.74 Å². The second-order valence-corrected chi connectivity index (χ2v) is 7.61. The number of ether oxygens (including phenoxy) is 1. The van der Waals surface area contributed by atoms with Gasteiger partial charge < -0.3 is 14.6 Å². The van der Waals surface area contributed by atoms with Crippen LogP contribution in [0.3, 0.4) is 0 Å². The molecule has 0 saturated heterocycles. The van der Waals surface area contributed by atoms with E-state index in [1.165, 1.54) is 5.56 Å². The molecule has 6 nitrogen and oxygen atoms in total. The van der Waals surface area contributed by atoms with E-state index in [9.17, 15) is 9.59 Å². The Kier molecular flexibility index (Phi) is 7.22. The first kappa shape index (κ1) is 21.6. The molecule has 1 aromatic heterocycles. The zero-order valence-electron chi connectivity index (χ0n) is 17.9. The number of esters is 1. The minimum atomic E-state index is -0.452. The lowest BCUT2D eigenvalue weighted by Gasteiger charge is -2.10. The molecule has 1 amide bonds. The van der Waals surface area contributed by atoms with Crippen molar-refractivity contribution in [3.8, 4) is 0 Å². The van der Waals surface area contributed by atoms with Gasteiger partial charge in [-0.1, -0.05) is 57.2 Å². The molecule has 3 aromatic rings. The van der Waals surface area contributed by atoms with Crippen LogP contribution in [0.1, 0.15) is 43.6 Å². The summed E-state index contributed by atoms with van der Waals surface area (Å²) in [6, 6.07) is 16.1. The van der Waals surface area contributed by atoms with Crippen molar-refractivity contribution in [2.75, 3.05) is 13.2 Å². The van der Waals surface area contributed by atoms with Crippen LogP contribution in [0.4, 0.5) is 0 Å². The molecule has 0 fully saturated rings. The molecule has 158 valence electrons. The van der Waals surface area contributed by atoms with Gasteiger partial charge in [-0.3, -0.25) is 9.59 Å². The van der Waals surface area contributed by atoms with Gasteiger partial charge in [0.15, 0.2) is 6.61 Å². The number of rotatable bonds is 9. The Morgan fingerprint density at radius 1 is 1.10 bits per heavy atom. The maximum absolute atomic E-state index is 12.3. The van der Waals surface area contributed by atoms with Gasteiger partial charge in [0.05, 0.1) is 11.0 Å². The number of nitrogens with one attached hydrogen (secondary N) is 1. The van der Waals surface area contributed by atoms with Gasteiger partial charge in [-0.15, -0.1) is 0 Å². The lowest BCUT2D eigenvalue weighted by Crippen LogP contribution is -2.31. The number of amides is 1. The minimum Gasteiger partial charge on any atom is -0.454 e. The Hall–Kier alpha value is -3.15. The molecule has 0 aliphatic carbocycles. The molecule has 0 bridgehead atoms. The highest BCUT2D eigenvalue weighted by atomic mass is 16.5. The topological polar surface area (TPSA) is 73.2 Å². The van der Waals surface area contributed by atoms with Crippen molar-refractivity contribution >= 4 is 22.9 Å². The molecule has 30 heavy (non-hydrogen) atoms. The highest BCUT2D eigenvalue weighted by Crippen LogP contribution is 2.17. The van der Waals surface area contributed by atoms with Crippen LogP contribution in [-0.4, -0.2) is 34.6 Å². The first-order valence-corrected chi connectivity index (χ1v) is 10.4. The predicted octanol–water partition coefficient (Wildman–Crippen LogP) is 3.62. The SMILES string of the molecule is CCc1nc2ccccc2n1CC(=O)OCC(=O)NCCc1ccc(C(C)C)cc1. The third-order valence-electron chi connectivity index (χ3n) is 5.08. The fourth-order valence-electron chi connectivity index (χ4n) is 3.36. The summed E-state index contributed by atoms with van der Waals surface area (Å²) in [7, 11) is 0. The molecule has 0 saturated carbocycles. The third kappa shape index (κ3) is 5.47. The summed E-state index contributed by atoms with van der Waals surface area (Å²) in [4.78, 5) is 28.8. The normalized spacial score (nSPS) is 11.1. The van der Waals surface area contributed by atoms with E-state index < -0.39 is 5.97 Å². The largest absolute Gasteiger partial charge is 0.454 e. The zero-order valence-corrected chi connectivity index (χ0v) is 17.9. The van der Waals surface area contributed by atoms with Gasteiger partial charge in [0.1, 0.15) is 12.4 Å². The monoisotopic (exact) mass is 407 g/mol. The molecule has 0 spiro atoms. The molecular formula is C24H29N3O3. The second-order valence-electron chi connectivity index (χ2n) is 7.61. The summed E-state index contributed by atoms with van der Waals surface area (Å²) in [5.74, 6) is 0.573. The van der Waals surface area contributed by atoms with E-state index in [0.717, 1.165) is 28.8 Å². The predicted molar refractivity (Wildman–Crippen MR) is 117 cm³/mol. The van der Waals surface area contributed by atoms with Gasteiger partial charge in [0.2, 0.25) is 0 Å². The molecule has 1 heterocycles. The molecule has 0 aliphatic heterocycles. The highest BCUT2D eigenvalue weighted by Gasteiger charge is 2.14. The Bertz CT molecular complexity index is 1010. The van der Waals surface area contributed by atoms with Gasteiger partial charge >= 0.3 is 5.97 Å². The summed E-state index contributed by atoms with van der Waals surface area (Å²) in [6.07, 6.45) is 1.44. The third-order valence-corrected chi connectivity index (χ3v) is 5.08. The molecular weight excluding hydrogens is 378 g/mol. The summed E-state index contributed by atoms with van der Waals surface area (Å²) in [6.45, 7) is 6.58. The molecule has 3 rings (SSSR count). The molecule has 0 unspecified atom stereocenters. The van der Waals surface area contributed by atoms with Crippen molar-refractivity contribution in [3.05, 3.63) is 65.5 Å². The van der Waals surface area contributed by atoms with Crippen molar-refractivity contribution in [1.82, 2.24) is 14.9 Å². The summed E-state index contributed by atoms with van der Waals surface area (Å²) in [5.41, 5.74) is 4.20. The average Bonchev–Trinajstić information content (AvgIpc) is 3.10. The van der Waals surface area contributed by atoms with Crippen molar-refractivity contribution < 1.29 is 14.3 Å². The van der Waals surface area contributed by atoms with Crippen LogP contribution < -0.4 is 5.32 Å². The van der Waals surface area contributed by atoms with Crippen LogP contribution in [0.2, 0.25) is 0 Å². The van der Waals surface area contributed by atoms with Crippen molar-refractivity contribution in [2.45, 2.75) is 46.1 Å². The molecule has 2 aromatic carbocycles. The van der Waals surface area contributed by atoms with Crippen LogP contribution >= 0.6 is 0 Å². The van der Waals surface area contributed by atoms with E-state index in [-0.39, 0.29) is 19.1 Å². The zero-order chi connectivity index (χ0) is 21.5. The number of fused-ring (bicyclic) bond motifs is 1. The number of nitrogens with zero attached hydrogens (tertiary/aromatic N) is 2. The number of para-hydroxylation sites is 2. The van der Waals surface area contributed by atoms with Gasteiger partial charge in [-0.25, -0.2) is 4.98 Å². The van der Waals surface area contributed by atoms with Crippen LogP contribution in [0.25, 0.3) is 11.0 Å². The average molecular weight is 408 g/mol. The maximum atomic E-state index is 12.3. The van der Waals surface area contributed by atoms with Crippen LogP contribution in [0.15, 0.2) is 48.5 Å². The lowest BCUT2D eigenvalue weighted by molar-refractivity contribution is -0.149. The Balaban J connectivity index is 1.44. The number of aryl methyl sites for hydroxylation is 1. The van der Waals surface area contributed by atoms with Crippen LogP contribution in [0, 0.1) is 0 Å². The Morgan fingerprint density at radius 3 is 2.53 bits per heavy atom.